The fourth-order valence-corrected chi connectivity index (χ4v) is 3.13. The van der Waals surface area contributed by atoms with Crippen molar-refractivity contribution in [2.45, 2.75) is 13.0 Å². The average Bonchev–Trinajstić information content (AvgIpc) is 3.02. The third-order valence-corrected chi connectivity index (χ3v) is 4.41. The summed E-state index contributed by atoms with van der Waals surface area (Å²) >= 11 is 0. The van der Waals surface area contributed by atoms with E-state index < -0.39 is 0 Å². The Morgan fingerprint density at radius 1 is 1.08 bits per heavy atom. The van der Waals surface area contributed by atoms with E-state index in [0.717, 1.165) is 23.5 Å². The zero-order valence-corrected chi connectivity index (χ0v) is 13.8. The molecule has 0 saturated carbocycles. The highest BCUT2D eigenvalue weighted by atomic mass is 16.5. The van der Waals surface area contributed by atoms with Crippen molar-refractivity contribution in [3.63, 3.8) is 0 Å². The van der Waals surface area contributed by atoms with Crippen LogP contribution in [0.3, 0.4) is 0 Å². The number of nitrogens with zero attached hydrogens (tertiary/aromatic N) is 5. The molecule has 0 spiro atoms. The van der Waals surface area contributed by atoms with E-state index in [0.29, 0.717) is 36.4 Å². The van der Waals surface area contributed by atoms with E-state index in [9.17, 15) is 4.79 Å². The lowest BCUT2D eigenvalue weighted by molar-refractivity contribution is 0.297. The predicted molar refractivity (Wildman–Crippen MR) is 93.7 cm³/mol. The third-order valence-electron chi connectivity index (χ3n) is 4.41. The Balaban J connectivity index is 1.55. The highest BCUT2D eigenvalue weighted by molar-refractivity contribution is 5.78. The molecule has 0 atom stereocenters. The zero-order valence-electron chi connectivity index (χ0n) is 13.8. The Kier molecular flexibility index (Phi) is 3.34. The standard InChI is InChI=1S/C18H15N5O3/c24-17-13-9-19-18-20-11-21-23(18)14(13)4-5-22(17)10-12-2-3-15-16(8-12)26-7-1-6-25-15/h2-5,8-9,11H,1,6-7,10H2. The van der Waals surface area contributed by atoms with Gasteiger partial charge in [-0.2, -0.15) is 14.6 Å². The van der Waals surface area contributed by atoms with E-state index in [-0.39, 0.29) is 5.56 Å². The van der Waals surface area contributed by atoms with Gasteiger partial charge in [0, 0.05) is 18.8 Å². The van der Waals surface area contributed by atoms with Gasteiger partial charge < -0.3 is 14.0 Å². The number of ether oxygens (including phenoxy) is 2. The molecule has 0 radical (unpaired) electrons. The van der Waals surface area contributed by atoms with Crippen LogP contribution in [0.5, 0.6) is 11.5 Å². The lowest BCUT2D eigenvalue weighted by Gasteiger charge is -2.11. The molecule has 0 aliphatic carbocycles. The van der Waals surface area contributed by atoms with Crippen molar-refractivity contribution in [3.05, 3.63) is 58.9 Å². The van der Waals surface area contributed by atoms with Crippen molar-refractivity contribution < 1.29 is 9.47 Å². The smallest absolute Gasteiger partial charge is 0.261 e. The Morgan fingerprint density at radius 2 is 1.96 bits per heavy atom. The van der Waals surface area contributed by atoms with Crippen molar-refractivity contribution in [1.82, 2.24) is 24.1 Å². The quantitative estimate of drug-likeness (QED) is 0.547. The molecule has 1 aromatic carbocycles. The number of fused-ring (bicyclic) bond motifs is 4. The molecule has 0 unspecified atom stereocenters. The fourth-order valence-electron chi connectivity index (χ4n) is 3.13. The molecule has 1 aliphatic rings. The molecule has 130 valence electrons. The monoisotopic (exact) mass is 349 g/mol. The number of benzene rings is 1. The van der Waals surface area contributed by atoms with Crippen molar-refractivity contribution in [2.24, 2.45) is 0 Å². The summed E-state index contributed by atoms with van der Waals surface area (Å²) in [5.74, 6) is 1.94. The largest absolute Gasteiger partial charge is 0.490 e. The van der Waals surface area contributed by atoms with Crippen LogP contribution in [0.1, 0.15) is 12.0 Å². The molecule has 0 N–H and O–H groups in total. The summed E-state index contributed by atoms with van der Waals surface area (Å²) in [5.41, 5.74) is 1.53. The van der Waals surface area contributed by atoms with Crippen LogP contribution in [-0.2, 0) is 6.54 Å². The molecule has 8 heteroatoms. The van der Waals surface area contributed by atoms with Crippen LogP contribution in [0.4, 0.5) is 0 Å². The number of aromatic nitrogens is 5. The van der Waals surface area contributed by atoms with Gasteiger partial charge in [-0.1, -0.05) is 6.07 Å². The molecule has 1 aliphatic heterocycles. The molecule has 0 amide bonds. The van der Waals surface area contributed by atoms with E-state index in [1.807, 2.05) is 24.3 Å². The summed E-state index contributed by atoms with van der Waals surface area (Å²) in [5, 5.41) is 4.62. The van der Waals surface area contributed by atoms with Gasteiger partial charge in [-0.05, 0) is 23.8 Å². The first kappa shape index (κ1) is 14.9. The number of pyridine rings is 1. The van der Waals surface area contributed by atoms with Crippen molar-refractivity contribution in [3.8, 4) is 11.5 Å². The average molecular weight is 349 g/mol. The highest BCUT2D eigenvalue weighted by Crippen LogP contribution is 2.30. The van der Waals surface area contributed by atoms with E-state index in [4.69, 9.17) is 9.47 Å². The maximum absolute atomic E-state index is 12.8. The van der Waals surface area contributed by atoms with Crippen LogP contribution >= 0.6 is 0 Å². The van der Waals surface area contributed by atoms with Gasteiger partial charge in [0.05, 0.1) is 30.7 Å². The minimum atomic E-state index is -0.125. The maximum Gasteiger partial charge on any atom is 0.261 e. The Bertz CT molecular complexity index is 1180. The minimum absolute atomic E-state index is 0.125. The summed E-state index contributed by atoms with van der Waals surface area (Å²) < 4.78 is 14.6. The normalized spacial score (nSPS) is 13.8. The molecular formula is C18H15N5O3. The van der Waals surface area contributed by atoms with Gasteiger partial charge in [-0.15, -0.1) is 0 Å². The van der Waals surface area contributed by atoms with E-state index in [1.165, 1.54) is 6.33 Å². The minimum Gasteiger partial charge on any atom is -0.490 e. The second kappa shape index (κ2) is 5.83. The van der Waals surface area contributed by atoms with Crippen molar-refractivity contribution in [2.75, 3.05) is 13.2 Å². The van der Waals surface area contributed by atoms with Crippen LogP contribution in [0, 0.1) is 0 Å². The summed E-state index contributed by atoms with van der Waals surface area (Å²) in [6.45, 7) is 1.72. The van der Waals surface area contributed by atoms with Gasteiger partial charge in [0.1, 0.15) is 6.33 Å². The molecule has 8 nitrogen and oxygen atoms in total. The van der Waals surface area contributed by atoms with Crippen molar-refractivity contribution >= 4 is 16.7 Å². The lowest BCUT2D eigenvalue weighted by Crippen LogP contribution is -2.21. The fraction of sp³-hybridized carbons (Fsp3) is 0.222. The summed E-state index contributed by atoms with van der Waals surface area (Å²) in [4.78, 5) is 21.1. The van der Waals surface area contributed by atoms with Gasteiger partial charge in [0.25, 0.3) is 11.3 Å². The molecule has 0 fully saturated rings. The number of hydrogen-bond donors (Lipinski definition) is 0. The SMILES string of the molecule is O=c1c2cnc3ncnn3c2ccn1Cc1ccc2c(c1)OCCCO2. The van der Waals surface area contributed by atoms with Crippen molar-refractivity contribution in [1.29, 1.82) is 0 Å². The van der Waals surface area contributed by atoms with Gasteiger partial charge in [0.15, 0.2) is 11.5 Å². The van der Waals surface area contributed by atoms with Gasteiger partial charge in [0.2, 0.25) is 0 Å². The summed E-state index contributed by atoms with van der Waals surface area (Å²) in [7, 11) is 0. The topological polar surface area (TPSA) is 83.5 Å². The Hall–Kier alpha value is -3.42. The zero-order chi connectivity index (χ0) is 17.5. The number of hydrogen-bond acceptors (Lipinski definition) is 6. The third kappa shape index (κ3) is 2.38. The van der Waals surface area contributed by atoms with Crippen LogP contribution in [0.25, 0.3) is 16.7 Å². The van der Waals surface area contributed by atoms with Crippen LogP contribution in [-0.4, -0.2) is 37.4 Å². The molecule has 0 bridgehead atoms. The molecule has 4 heterocycles. The van der Waals surface area contributed by atoms with E-state index >= 15 is 0 Å². The van der Waals surface area contributed by atoms with E-state index in [1.54, 1.807) is 21.5 Å². The highest BCUT2D eigenvalue weighted by Gasteiger charge is 2.12. The molecule has 0 saturated heterocycles. The Labute approximate surface area is 147 Å². The second-order valence-electron chi connectivity index (χ2n) is 6.11. The Morgan fingerprint density at radius 3 is 2.88 bits per heavy atom. The first-order valence-corrected chi connectivity index (χ1v) is 8.36. The van der Waals surface area contributed by atoms with Gasteiger partial charge >= 0.3 is 0 Å². The van der Waals surface area contributed by atoms with Crippen LogP contribution < -0.4 is 15.0 Å². The summed E-state index contributed by atoms with van der Waals surface area (Å²) in [6.07, 6.45) is 5.59. The molecule has 5 rings (SSSR count). The second-order valence-corrected chi connectivity index (χ2v) is 6.11. The molecular weight excluding hydrogens is 334 g/mol. The molecule has 26 heavy (non-hydrogen) atoms. The molecule has 4 aromatic rings. The first-order chi connectivity index (χ1) is 12.8. The number of rotatable bonds is 2. The van der Waals surface area contributed by atoms with Gasteiger partial charge in [-0.25, -0.2) is 4.98 Å². The predicted octanol–water partition coefficient (Wildman–Crippen LogP) is 1.65. The lowest BCUT2D eigenvalue weighted by atomic mass is 10.2. The van der Waals surface area contributed by atoms with Crippen LogP contribution in [0.2, 0.25) is 0 Å². The first-order valence-electron chi connectivity index (χ1n) is 8.36. The summed E-state index contributed by atoms with van der Waals surface area (Å²) in [6, 6.07) is 7.62. The maximum atomic E-state index is 12.8. The molecule has 3 aromatic heterocycles. The van der Waals surface area contributed by atoms with Crippen LogP contribution in [0.15, 0.2) is 47.8 Å². The van der Waals surface area contributed by atoms with Gasteiger partial charge in [-0.3, -0.25) is 4.79 Å². The van der Waals surface area contributed by atoms with E-state index in [2.05, 4.69) is 15.1 Å².